The van der Waals surface area contributed by atoms with Crippen LogP contribution in [0.1, 0.15) is 12.0 Å². The average Bonchev–Trinajstić information content (AvgIpc) is 3.06. The minimum Gasteiger partial charge on any atom is -0.482 e. The summed E-state index contributed by atoms with van der Waals surface area (Å²) >= 11 is 5.90. The molecule has 0 bridgehead atoms. The predicted octanol–water partition coefficient (Wildman–Crippen LogP) is 3.49. The fourth-order valence-corrected chi connectivity index (χ4v) is 2.44. The molecule has 0 aromatic heterocycles. The Morgan fingerprint density at radius 1 is 1.26 bits per heavy atom. The summed E-state index contributed by atoms with van der Waals surface area (Å²) in [6, 6.07) is 13.5. The molecule has 2 aromatic rings. The van der Waals surface area contributed by atoms with Gasteiger partial charge in [-0.15, -0.1) is 0 Å². The molecule has 0 radical (unpaired) electrons. The molecule has 6 heteroatoms. The van der Waals surface area contributed by atoms with Crippen LogP contribution >= 0.6 is 11.6 Å². The zero-order valence-corrected chi connectivity index (χ0v) is 13.0. The molecule has 0 N–H and O–H groups in total. The number of carbonyl (C=O) groups is 1. The van der Waals surface area contributed by atoms with E-state index in [1.807, 2.05) is 30.3 Å². The van der Waals surface area contributed by atoms with Crippen molar-refractivity contribution in [1.29, 1.82) is 0 Å². The number of carbonyl (C=O) groups excluding carboxylic acids is 1. The van der Waals surface area contributed by atoms with Crippen LogP contribution in [0.15, 0.2) is 53.6 Å². The van der Waals surface area contributed by atoms with Gasteiger partial charge >= 0.3 is 0 Å². The zero-order valence-electron chi connectivity index (χ0n) is 12.2. The van der Waals surface area contributed by atoms with E-state index in [1.165, 1.54) is 17.1 Å². The maximum atomic E-state index is 13.2. The Hall–Kier alpha value is -2.40. The minimum atomic E-state index is -0.470. The Balaban J connectivity index is 1.63. The van der Waals surface area contributed by atoms with Crippen molar-refractivity contribution < 1.29 is 13.9 Å². The Morgan fingerprint density at radius 2 is 2.04 bits per heavy atom. The van der Waals surface area contributed by atoms with Gasteiger partial charge in [-0.1, -0.05) is 41.9 Å². The highest BCUT2D eigenvalue weighted by Gasteiger charge is 2.22. The molecule has 4 nitrogen and oxygen atoms in total. The first-order chi connectivity index (χ1) is 11.1. The van der Waals surface area contributed by atoms with Gasteiger partial charge in [0.05, 0.1) is 17.3 Å². The highest BCUT2D eigenvalue weighted by atomic mass is 35.5. The number of amides is 1. The van der Waals surface area contributed by atoms with Crippen LogP contribution in [0.2, 0.25) is 5.02 Å². The van der Waals surface area contributed by atoms with Crippen LogP contribution in [0.4, 0.5) is 4.39 Å². The molecule has 0 saturated heterocycles. The fourth-order valence-electron chi connectivity index (χ4n) is 2.27. The normalized spacial score (nSPS) is 13.8. The van der Waals surface area contributed by atoms with Crippen LogP contribution in [-0.4, -0.2) is 29.8 Å². The lowest BCUT2D eigenvalue weighted by molar-refractivity contribution is -0.132. The van der Waals surface area contributed by atoms with Crippen molar-refractivity contribution in [2.24, 2.45) is 5.10 Å². The van der Waals surface area contributed by atoms with Crippen molar-refractivity contribution in [3.05, 3.63) is 64.9 Å². The zero-order chi connectivity index (χ0) is 16.2. The summed E-state index contributed by atoms with van der Waals surface area (Å²) in [5.74, 6) is -0.620. The molecule has 1 aliphatic heterocycles. The van der Waals surface area contributed by atoms with Gasteiger partial charge in [0.25, 0.3) is 5.91 Å². The van der Waals surface area contributed by atoms with Gasteiger partial charge in [-0.3, -0.25) is 4.79 Å². The second-order valence-electron chi connectivity index (χ2n) is 5.04. The summed E-state index contributed by atoms with van der Waals surface area (Å²) < 4.78 is 18.5. The topological polar surface area (TPSA) is 41.9 Å². The molecule has 0 atom stereocenters. The Labute approximate surface area is 138 Å². The lowest BCUT2D eigenvalue weighted by atomic mass is 10.1. The lowest BCUT2D eigenvalue weighted by Gasteiger charge is -2.13. The van der Waals surface area contributed by atoms with Crippen LogP contribution in [-0.2, 0) is 4.79 Å². The molecular formula is C17H14ClFN2O2. The molecule has 1 heterocycles. The standard InChI is InChI=1S/C17H14ClFN2O2/c18-14-7-6-13(19)10-16(14)23-11-17(22)21-9-8-15(20-21)12-4-2-1-3-5-12/h1-7,10H,8-9,11H2. The van der Waals surface area contributed by atoms with E-state index in [9.17, 15) is 9.18 Å². The van der Waals surface area contributed by atoms with Crippen molar-refractivity contribution in [2.75, 3.05) is 13.2 Å². The third-order valence-electron chi connectivity index (χ3n) is 3.44. The van der Waals surface area contributed by atoms with Crippen molar-refractivity contribution >= 4 is 23.2 Å². The number of nitrogens with zero attached hydrogens (tertiary/aromatic N) is 2. The van der Waals surface area contributed by atoms with Crippen LogP contribution in [0, 0.1) is 5.82 Å². The molecule has 118 valence electrons. The number of hydrazone groups is 1. The van der Waals surface area contributed by atoms with E-state index in [-0.39, 0.29) is 23.3 Å². The first kappa shape index (κ1) is 15.5. The van der Waals surface area contributed by atoms with Gasteiger partial charge in [0, 0.05) is 12.5 Å². The molecule has 2 aromatic carbocycles. The van der Waals surface area contributed by atoms with Crippen LogP contribution in [0.25, 0.3) is 0 Å². The number of rotatable bonds is 4. The predicted molar refractivity (Wildman–Crippen MR) is 86.2 cm³/mol. The first-order valence-corrected chi connectivity index (χ1v) is 7.52. The lowest BCUT2D eigenvalue weighted by Crippen LogP contribution is -2.28. The van der Waals surface area contributed by atoms with Gasteiger partial charge < -0.3 is 4.74 Å². The SMILES string of the molecule is O=C(COc1cc(F)ccc1Cl)N1CCC(c2ccccc2)=N1. The maximum Gasteiger partial charge on any atom is 0.280 e. The monoisotopic (exact) mass is 332 g/mol. The number of ether oxygens (including phenoxy) is 1. The summed E-state index contributed by atoms with van der Waals surface area (Å²) in [7, 11) is 0. The highest BCUT2D eigenvalue weighted by Crippen LogP contribution is 2.25. The third kappa shape index (κ3) is 3.68. The summed E-state index contributed by atoms with van der Waals surface area (Å²) in [5, 5.41) is 5.95. The molecule has 1 amide bonds. The van der Waals surface area contributed by atoms with E-state index in [0.717, 1.165) is 17.3 Å². The van der Waals surface area contributed by atoms with Crippen molar-refractivity contribution in [1.82, 2.24) is 5.01 Å². The summed E-state index contributed by atoms with van der Waals surface area (Å²) in [4.78, 5) is 12.1. The number of halogens is 2. The Bertz CT molecular complexity index is 750. The molecule has 23 heavy (non-hydrogen) atoms. The summed E-state index contributed by atoms with van der Waals surface area (Å²) in [6.45, 7) is 0.262. The van der Waals surface area contributed by atoms with Gasteiger partial charge in [-0.25, -0.2) is 9.40 Å². The second kappa shape index (κ2) is 6.79. The molecule has 0 unspecified atom stereocenters. The smallest absolute Gasteiger partial charge is 0.280 e. The molecule has 0 saturated carbocycles. The summed E-state index contributed by atoms with van der Waals surface area (Å²) in [5.41, 5.74) is 1.86. The largest absolute Gasteiger partial charge is 0.482 e. The van der Waals surface area contributed by atoms with Crippen molar-refractivity contribution in [2.45, 2.75) is 6.42 Å². The first-order valence-electron chi connectivity index (χ1n) is 7.14. The van der Waals surface area contributed by atoms with Gasteiger partial charge in [0.15, 0.2) is 6.61 Å². The van der Waals surface area contributed by atoms with Crippen LogP contribution in [0.3, 0.4) is 0 Å². The van der Waals surface area contributed by atoms with Gasteiger partial charge in [0.2, 0.25) is 0 Å². The van der Waals surface area contributed by atoms with E-state index in [1.54, 1.807) is 0 Å². The molecule has 0 fully saturated rings. The van der Waals surface area contributed by atoms with Gasteiger partial charge in [-0.05, 0) is 17.7 Å². The molecular weight excluding hydrogens is 319 g/mol. The molecule has 0 aliphatic carbocycles. The number of hydrogen-bond acceptors (Lipinski definition) is 3. The highest BCUT2D eigenvalue weighted by molar-refractivity contribution is 6.32. The third-order valence-corrected chi connectivity index (χ3v) is 3.75. The van der Waals surface area contributed by atoms with Gasteiger partial charge in [-0.2, -0.15) is 5.10 Å². The second-order valence-corrected chi connectivity index (χ2v) is 5.45. The van der Waals surface area contributed by atoms with Crippen LogP contribution in [0.5, 0.6) is 5.75 Å². The van der Waals surface area contributed by atoms with E-state index in [0.29, 0.717) is 13.0 Å². The van der Waals surface area contributed by atoms with Crippen LogP contribution < -0.4 is 4.74 Å². The van der Waals surface area contributed by atoms with Crippen molar-refractivity contribution in [3.8, 4) is 5.75 Å². The number of hydrogen-bond donors (Lipinski definition) is 0. The van der Waals surface area contributed by atoms with E-state index >= 15 is 0 Å². The molecule has 0 spiro atoms. The maximum absolute atomic E-state index is 13.2. The fraction of sp³-hybridized carbons (Fsp3) is 0.176. The minimum absolute atomic E-state index is 0.145. The van der Waals surface area contributed by atoms with E-state index in [4.69, 9.17) is 16.3 Å². The molecule has 3 rings (SSSR count). The van der Waals surface area contributed by atoms with Crippen molar-refractivity contribution in [3.63, 3.8) is 0 Å². The van der Waals surface area contributed by atoms with Gasteiger partial charge in [0.1, 0.15) is 11.6 Å². The summed E-state index contributed by atoms with van der Waals surface area (Å²) in [6.07, 6.45) is 0.691. The van der Waals surface area contributed by atoms with E-state index in [2.05, 4.69) is 5.10 Å². The quantitative estimate of drug-likeness (QED) is 0.860. The number of benzene rings is 2. The van der Waals surface area contributed by atoms with E-state index < -0.39 is 5.82 Å². The Kier molecular flexibility index (Phi) is 4.57. The molecule has 1 aliphatic rings. The Morgan fingerprint density at radius 3 is 2.83 bits per heavy atom. The average molecular weight is 333 g/mol.